The van der Waals surface area contributed by atoms with Gasteiger partial charge in [-0.15, -0.1) is 0 Å². The first-order chi connectivity index (χ1) is 12.4. The molecule has 3 rings (SSSR count). The first-order valence-electron chi connectivity index (χ1n) is 8.63. The van der Waals surface area contributed by atoms with E-state index in [-0.39, 0.29) is 10.6 Å². The minimum Gasteiger partial charge on any atom is -0.368 e. The van der Waals surface area contributed by atoms with Crippen molar-refractivity contribution >= 4 is 23.0 Å². The molecule has 1 fully saturated rings. The van der Waals surface area contributed by atoms with Crippen molar-refractivity contribution in [2.24, 2.45) is 0 Å². The molecule has 1 aromatic heterocycles. The lowest BCUT2D eigenvalue weighted by atomic mass is 10.1. The van der Waals surface area contributed by atoms with E-state index in [0.717, 1.165) is 13.1 Å². The summed E-state index contributed by atoms with van der Waals surface area (Å²) in [4.78, 5) is 25.5. The molecule has 0 spiro atoms. The van der Waals surface area contributed by atoms with Gasteiger partial charge in [-0.3, -0.25) is 10.1 Å². The summed E-state index contributed by atoms with van der Waals surface area (Å²) < 4.78 is 0. The lowest BCUT2D eigenvalue weighted by molar-refractivity contribution is -0.383. The average molecular weight is 356 g/mol. The SMILES string of the molecule is Cc1cccc(N2CCN(c3ncnc(N(C)C)c3[N+](=O)[O-])CC2)c1C. The van der Waals surface area contributed by atoms with Crippen LogP contribution in [0.4, 0.5) is 23.0 Å². The summed E-state index contributed by atoms with van der Waals surface area (Å²) in [5.74, 6) is 0.728. The number of benzene rings is 1. The summed E-state index contributed by atoms with van der Waals surface area (Å²) in [7, 11) is 3.50. The maximum atomic E-state index is 11.6. The molecule has 2 aromatic rings. The minimum absolute atomic E-state index is 0.0299. The standard InChI is InChI=1S/C18H24N6O2/c1-13-6-5-7-15(14(13)2)22-8-10-23(11-9-22)18-16(24(25)26)17(21(3)4)19-12-20-18/h5-7,12H,8-11H2,1-4H3. The highest BCUT2D eigenvalue weighted by atomic mass is 16.6. The van der Waals surface area contributed by atoms with E-state index in [2.05, 4.69) is 46.9 Å². The maximum absolute atomic E-state index is 11.6. The normalized spacial score (nSPS) is 14.5. The van der Waals surface area contributed by atoms with Crippen molar-refractivity contribution < 1.29 is 4.92 Å². The third kappa shape index (κ3) is 3.26. The van der Waals surface area contributed by atoms with Crippen LogP contribution in [0.25, 0.3) is 0 Å². The van der Waals surface area contributed by atoms with Crippen LogP contribution >= 0.6 is 0 Å². The number of piperazine rings is 1. The highest BCUT2D eigenvalue weighted by Crippen LogP contribution is 2.34. The van der Waals surface area contributed by atoms with Gasteiger partial charge in [0.05, 0.1) is 4.92 Å². The van der Waals surface area contributed by atoms with Crippen molar-refractivity contribution in [1.29, 1.82) is 0 Å². The first-order valence-corrected chi connectivity index (χ1v) is 8.63. The van der Waals surface area contributed by atoms with Crippen LogP contribution in [0, 0.1) is 24.0 Å². The summed E-state index contributed by atoms with van der Waals surface area (Å²) in [6.07, 6.45) is 1.40. The van der Waals surface area contributed by atoms with Crippen molar-refractivity contribution in [1.82, 2.24) is 9.97 Å². The van der Waals surface area contributed by atoms with Gasteiger partial charge in [0.2, 0.25) is 11.6 Å². The Kier molecular flexibility index (Phi) is 4.92. The largest absolute Gasteiger partial charge is 0.368 e. The Morgan fingerprint density at radius 3 is 2.35 bits per heavy atom. The monoisotopic (exact) mass is 356 g/mol. The number of hydrogen-bond donors (Lipinski definition) is 0. The van der Waals surface area contributed by atoms with Gasteiger partial charge in [-0.25, -0.2) is 9.97 Å². The molecular formula is C18H24N6O2. The minimum atomic E-state index is -0.387. The molecule has 0 N–H and O–H groups in total. The van der Waals surface area contributed by atoms with E-state index in [9.17, 15) is 10.1 Å². The van der Waals surface area contributed by atoms with Gasteiger partial charge >= 0.3 is 5.69 Å². The molecule has 2 heterocycles. The van der Waals surface area contributed by atoms with Crippen molar-refractivity contribution in [3.05, 3.63) is 45.8 Å². The maximum Gasteiger partial charge on any atom is 0.353 e. The number of nitro groups is 1. The van der Waals surface area contributed by atoms with Gasteiger partial charge in [0.1, 0.15) is 6.33 Å². The molecule has 0 atom stereocenters. The summed E-state index contributed by atoms with van der Waals surface area (Å²) in [5.41, 5.74) is 3.75. The van der Waals surface area contributed by atoms with E-state index >= 15 is 0 Å². The summed E-state index contributed by atoms with van der Waals surface area (Å²) in [6.45, 7) is 7.19. The Morgan fingerprint density at radius 2 is 1.73 bits per heavy atom. The smallest absolute Gasteiger partial charge is 0.353 e. The molecule has 1 saturated heterocycles. The fourth-order valence-electron chi connectivity index (χ4n) is 3.32. The van der Waals surface area contributed by atoms with E-state index < -0.39 is 0 Å². The molecule has 0 aliphatic carbocycles. The van der Waals surface area contributed by atoms with E-state index in [1.165, 1.54) is 23.1 Å². The Balaban J connectivity index is 1.84. The number of aryl methyl sites for hydroxylation is 1. The first kappa shape index (κ1) is 17.9. The van der Waals surface area contributed by atoms with Gasteiger partial charge in [0.15, 0.2) is 0 Å². The van der Waals surface area contributed by atoms with Crippen LogP contribution in [0.3, 0.4) is 0 Å². The second-order valence-corrected chi connectivity index (χ2v) is 6.71. The summed E-state index contributed by atoms with van der Waals surface area (Å²) in [6, 6.07) is 6.32. The number of anilines is 3. The summed E-state index contributed by atoms with van der Waals surface area (Å²) >= 11 is 0. The number of rotatable bonds is 4. The third-order valence-electron chi connectivity index (χ3n) is 4.89. The lowest BCUT2D eigenvalue weighted by Gasteiger charge is -2.37. The molecule has 138 valence electrons. The number of aromatic nitrogens is 2. The van der Waals surface area contributed by atoms with Crippen molar-refractivity contribution in [2.45, 2.75) is 13.8 Å². The van der Waals surface area contributed by atoms with Crippen molar-refractivity contribution in [3.8, 4) is 0 Å². The zero-order valence-corrected chi connectivity index (χ0v) is 15.6. The fraction of sp³-hybridized carbons (Fsp3) is 0.444. The van der Waals surface area contributed by atoms with Crippen molar-refractivity contribution in [3.63, 3.8) is 0 Å². The van der Waals surface area contributed by atoms with Crippen LogP contribution in [-0.4, -0.2) is 55.2 Å². The van der Waals surface area contributed by atoms with Crippen molar-refractivity contribution in [2.75, 3.05) is 55.0 Å². The molecule has 0 unspecified atom stereocenters. The van der Waals surface area contributed by atoms with E-state index in [0.29, 0.717) is 24.7 Å². The average Bonchev–Trinajstić information content (AvgIpc) is 2.63. The number of hydrogen-bond acceptors (Lipinski definition) is 7. The van der Waals surface area contributed by atoms with Crippen LogP contribution in [0.15, 0.2) is 24.5 Å². The van der Waals surface area contributed by atoms with Gasteiger partial charge in [0.25, 0.3) is 0 Å². The van der Waals surface area contributed by atoms with Gasteiger partial charge in [-0.2, -0.15) is 0 Å². The zero-order valence-electron chi connectivity index (χ0n) is 15.6. The van der Waals surface area contributed by atoms with Gasteiger partial charge in [0, 0.05) is 46.0 Å². The van der Waals surface area contributed by atoms with Crippen LogP contribution in [0.2, 0.25) is 0 Å². The molecule has 1 aromatic carbocycles. The highest BCUT2D eigenvalue weighted by Gasteiger charge is 2.30. The number of nitrogens with zero attached hydrogens (tertiary/aromatic N) is 6. The van der Waals surface area contributed by atoms with Gasteiger partial charge < -0.3 is 14.7 Å². The molecule has 0 radical (unpaired) electrons. The molecule has 0 amide bonds. The van der Waals surface area contributed by atoms with E-state index in [1.807, 2.05) is 4.90 Å². The topological polar surface area (TPSA) is 78.6 Å². The Labute approximate surface area is 153 Å². The second-order valence-electron chi connectivity index (χ2n) is 6.71. The molecule has 1 aliphatic heterocycles. The quantitative estimate of drug-likeness (QED) is 0.615. The van der Waals surface area contributed by atoms with Crippen LogP contribution < -0.4 is 14.7 Å². The third-order valence-corrected chi connectivity index (χ3v) is 4.89. The molecule has 0 saturated carbocycles. The molecule has 0 bridgehead atoms. The van der Waals surface area contributed by atoms with Gasteiger partial charge in [-0.05, 0) is 31.0 Å². The van der Waals surface area contributed by atoms with Crippen LogP contribution in [-0.2, 0) is 0 Å². The highest BCUT2D eigenvalue weighted by molar-refractivity contribution is 5.71. The molecular weight excluding hydrogens is 332 g/mol. The summed E-state index contributed by atoms with van der Waals surface area (Å²) in [5, 5.41) is 11.6. The Hall–Kier alpha value is -2.90. The van der Waals surface area contributed by atoms with E-state index in [1.54, 1.807) is 19.0 Å². The fourth-order valence-corrected chi connectivity index (χ4v) is 3.32. The molecule has 8 heteroatoms. The molecule has 8 nitrogen and oxygen atoms in total. The zero-order chi connectivity index (χ0) is 18.8. The van der Waals surface area contributed by atoms with Crippen LogP contribution in [0.1, 0.15) is 11.1 Å². The molecule has 26 heavy (non-hydrogen) atoms. The Morgan fingerprint density at radius 1 is 1.08 bits per heavy atom. The van der Waals surface area contributed by atoms with Gasteiger partial charge in [-0.1, -0.05) is 12.1 Å². The Bertz CT molecular complexity index is 815. The second kappa shape index (κ2) is 7.15. The predicted molar refractivity (Wildman–Crippen MR) is 103 cm³/mol. The predicted octanol–water partition coefficient (Wildman–Crippen LogP) is 2.39. The molecule has 1 aliphatic rings. The van der Waals surface area contributed by atoms with Crippen LogP contribution in [0.5, 0.6) is 0 Å². The lowest BCUT2D eigenvalue weighted by Crippen LogP contribution is -2.47. The van der Waals surface area contributed by atoms with E-state index in [4.69, 9.17) is 0 Å².